The first-order chi connectivity index (χ1) is 12.9. The number of aromatic nitrogens is 2. The largest absolute Gasteiger partial charge is 0.349 e. The van der Waals surface area contributed by atoms with Crippen LogP contribution in [0.15, 0.2) is 6.07 Å². The van der Waals surface area contributed by atoms with Gasteiger partial charge in [0, 0.05) is 40.2 Å². The number of rotatable bonds is 4. The van der Waals surface area contributed by atoms with Gasteiger partial charge in [-0.2, -0.15) is 5.10 Å². The summed E-state index contributed by atoms with van der Waals surface area (Å²) in [6.07, 6.45) is 2.17. The van der Waals surface area contributed by atoms with Crippen molar-refractivity contribution >= 4 is 17.8 Å². The summed E-state index contributed by atoms with van der Waals surface area (Å²) in [6.45, 7) is 4.67. The van der Waals surface area contributed by atoms with Crippen molar-refractivity contribution in [2.75, 3.05) is 27.2 Å². The first-order valence-corrected chi connectivity index (χ1v) is 9.46. The third kappa shape index (κ3) is 4.23. The summed E-state index contributed by atoms with van der Waals surface area (Å²) >= 11 is 0. The molecule has 27 heavy (non-hydrogen) atoms. The van der Waals surface area contributed by atoms with E-state index in [0.717, 1.165) is 30.8 Å². The highest BCUT2D eigenvalue weighted by Crippen LogP contribution is 2.16. The number of nitrogens with zero attached hydrogens (tertiary/aromatic N) is 5. The summed E-state index contributed by atoms with van der Waals surface area (Å²) in [7, 11) is 3.50. The first-order valence-electron chi connectivity index (χ1n) is 9.46. The van der Waals surface area contributed by atoms with Crippen molar-refractivity contribution in [3.63, 3.8) is 0 Å². The number of carbonyl (C=O) groups is 3. The van der Waals surface area contributed by atoms with Crippen LogP contribution < -0.4 is 5.32 Å². The molecule has 148 valence electrons. The number of aryl methyl sites for hydroxylation is 1. The van der Waals surface area contributed by atoms with Crippen molar-refractivity contribution in [2.24, 2.45) is 0 Å². The summed E-state index contributed by atoms with van der Waals surface area (Å²) in [5, 5.41) is 7.44. The van der Waals surface area contributed by atoms with E-state index in [-0.39, 0.29) is 17.8 Å². The van der Waals surface area contributed by atoms with E-state index < -0.39 is 6.04 Å². The van der Waals surface area contributed by atoms with E-state index in [0.29, 0.717) is 32.6 Å². The molecule has 1 fully saturated rings. The molecule has 1 aromatic heterocycles. The number of hydrogen-bond acceptors (Lipinski definition) is 4. The Balaban J connectivity index is 1.59. The average Bonchev–Trinajstić information content (AvgIpc) is 3.18. The van der Waals surface area contributed by atoms with Crippen molar-refractivity contribution in [1.29, 1.82) is 0 Å². The van der Waals surface area contributed by atoms with Crippen molar-refractivity contribution in [3.05, 3.63) is 17.5 Å². The average molecular weight is 376 g/mol. The highest BCUT2D eigenvalue weighted by Gasteiger charge is 2.29. The number of hydrogen-bond donors (Lipinski definition) is 1. The van der Waals surface area contributed by atoms with Gasteiger partial charge in [0.05, 0.1) is 24.5 Å². The molecule has 0 saturated carbocycles. The monoisotopic (exact) mass is 376 g/mol. The van der Waals surface area contributed by atoms with E-state index in [4.69, 9.17) is 0 Å². The van der Waals surface area contributed by atoms with Gasteiger partial charge in [0.15, 0.2) is 0 Å². The highest BCUT2D eigenvalue weighted by molar-refractivity contribution is 5.88. The fourth-order valence-corrected chi connectivity index (χ4v) is 3.60. The van der Waals surface area contributed by atoms with Gasteiger partial charge in [-0.15, -0.1) is 0 Å². The molecule has 4 amide bonds. The number of fused-ring (bicyclic) bond motifs is 1. The van der Waals surface area contributed by atoms with Crippen molar-refractivity contribution in [1.82, 2.24) is 29.8 Å². The first kappa shape index (κ1) is 19.2. The summed E-state index contributed by atoms with van der Waals surface area (Å²) in [5.41, 5.74) is 1.73. The van der Waals surface area contributed by atoms with Gasteiger partial charge >= 0.3 is 6.03 Å². The second-order valence-corrected chi connectivity index (χ2v) is 7.39. The molecule has 3 rings (SSSR count). The number of carbonyl (C=O) groups excluding carboxylic acids is 3. The second-order valence-electron chi connectivity index (χ2n) is 7.39. The lowest BCUT2D eigenvalue weighted by atomic mass is 10.2. The van der Waals surface area contributed by atoms with Crippen LogP contribution in [-0.4, -0.2) is 75.6 Å². The van der Waals surface area contributed by atoms with Crippen LogP contribution in [0.4, 0.5) is 4.79 Å². The molecule has 0 spiro atoms. The van der Waals surface area contributed by atoms with Gasteiger partial charge in [-0.1, -0.05) is 0 Å². The summed E-state index contributed by atoms with van der Waals surface area (Å²) in [6, 6.07) is 1.46. The lowest BCUT2D eigenvalue weighted by molar-refractivity contribution is -0.136. The minimum absolute atomic E-state index is 0.0105. The minimum atomic E-state index is -0.464. The van der Waals surface area contributed by atoms with Crippen LogP contribution in [0.1, 0.15) is 37.6 Å². The van der Waals surface area contributed by atoms with Crippen LogP contribution in [0.3, 0.4) is 0 Å². The number of nitrogens with one attached hydrogen (secondary N) is 1. The number of amides is 4. The minimum Gasteiger partial charge on any atom is -0.349 e. The molecule has 1 saturated heterocycles. The summed E-state index contributed by atoms with van der Waals surface area (Å²) in [4.78, 5) is 41.4. The topological polar surface area (TPSA) is 90.8 Å². The molecule has 0 aliphatic carbocycles. The molecular formula is C18H28N6O3. The fourth-order valence-electron chi connectivity index (χ4n) is 3.60. The second kappa shape index (κ2) is 7.98. The Morgan fingerprint density at radius 3 is 2.70 bits per heavy atom. The van der Waals surface area contributed by atoms with E-state index in [1.807, 2.05) is 15.6 Å². The molecule has 0 radical (unpaired) electrons. The maximum absolute atomic E-state index is 12.4. The van der Waals surface area contributed by atoms with Crippen LogP contribution in [0, 0.1) is 0 Å². The molecule has 0 bridgehead atoms. The Kier molecular flexibility index (Phi) is 5.67. The molecule has 2 aliphatic heterocycles. The summed E-state index contributed by atoms with van der Waals surface area (Å²) in [5.74, 6) is -0.130. The van der Waals surface area contributed by atoms with Gasteiger partial charge < -0.3 is 20.0 Å². The maximum Gasteiger partial charge on any atom is 0.319 e. The van der Waals surface area contributed by atoms with Crippen LogP contribution in [0.2, 0.25) is 0 Å². The van der Waals surface area contributed by atoms with Gasteiger partial charge in [0.25, 0.3) is 0 Å². The Hall–Kier alpha value is -2.58. The van der Waals surface area contributed by atoms with Crippen molar-refractivity contribution in [3.8, 4) is 0 Å². The van der Waals surface area contributed by atoms with Gasteiger partial charge in [0.1, 0.15) is 6.04 Å². The highest BCUT2D eigenvalue weighted by atomic mass is 16.2. The zero-order valence-electron chi connectivity index (χ0n) is 16.3. The molecule has 9 nitrogen and oxygen atoms in total. The normalized spacial score (nSPS) is 18.1. The standard InChI is InChI=1S/C18H28N6O3/c1-13(23-8-4-6-16(23)25)17(26)19-11-14-10-15-12-22(18(27)21(2)3)7-5-9-24(15)20-14/h10,13H,4-9,11-12H2,1-3H3,(H,19,26)/t13-/m0/s1. The third-order valence-corrected chi connectivity index (χ3v) is 5.12. The van der Waals surface area contributed by atoms with Crippen molar-refractivity contribution < 1.29 is 14.4 Å². The molecule has 3 heterocycles. The summed E-state index contributed by atoms with van der Waals surface area (Å²) < 4.78 is 1.91. The van der Waals surface area contributed by atoms with E-state index in [2.05, 4.69) is 10.4 Å². The zero-order valence-corrected chi connectivity index (χ0v) is 16.3. The van der Waals surface area contributed by atoms with E-state index in [1.165, 1.54) is 0 Å². The van der Waals surface area contributed by atoms with Gasteiger partial charge in [-0.3, -0.25) is 14.3 Å². The Bertz CT molecular complexity index is 729. The Morgan fingerprint density at radius 1 is 1.26 bits per heavy atom. The van der Waals surface area contributed by atoms with Gasteiger partial charge in [0.2, 0.25) is 11.8 Å². The zero-order chi connectivity index (χ0) is 19.6. The number of likely N-dealkylation sites (tertiary alicyclic amines) is 1. The molecule has 1 aromatic rings. The van der Waals surface area contributed by atoms with Crippen molar-refractivity contribution in [2.45, 2.75) is 51.9 Å². The van der Waals surface area contributed by atoms with Crippen LogP contribution in [0.25, 0.3) is 0 Å². The molecular weight excluding hydrogens is 348 g/mol. The van der Waals surface area contributed by atoms with Gasteiger partial charge in [-0.05, 0) is 25.8 Å². The molecule has 9 heteroatoms. The quantitative estimate of drug-likeness (QED) is 0.823. The van der Waals surface area contributed by atoms with E-state index >= 15 is 0 Å². The molecule has 1 atom stereocenters. The Morgan fingerprint density at radius 2 is 2.04 bits per heavy atom. The van der Waals surface area contributed by atoms with Crippen LogP contribution >= 0.6 is 0 Å². The number of urea groups is 1. The Labute approximate surface area is 159 Å². The molecule has 1 N–H and O–H groups in total. The van der Waals surface area contributed by atoms with Crippen LogP contribution in [0.5, 0.6) is 0 Å². The van der Waals surface area contributed by atoms with E-state index in [9.17, 15) is 14.4 Å². The predicted molar refractivity (Wildman–Crippen MR) is 98.6 cm³/mol. The smallest absolute Gasteiger partial charge is 0.319 e. The fraction of sp³-hybridized carbons (Fsp3) is 0.667. The van der Waals surface area contributed by atoms with E-state index in [1.54, 1.807) is 30.8 Å². The molecule has 0 aromatic carbocycles. The third-order valence-electron chi connectivity index (χ3n) is 5.12. The van der Waals surface area contributed by atoms with Gasteiger partial charge in [-0.25, -0.2) is 4.79 Å². The molecule has 2 aliphatic rings. The lowest BCUT2D eigenvalue weighted by Crippen LogP contribution is -2.45. The lowest BCUT2D eigenvalue weighted by Gasteiger charge is -2.24. The van der Waals surface area contributed by atoms with Crippen LogP contribution in [-0.2, 0) is 29.2 Å². The SMILES string of the molecule is C[C@@H](C(=O)NCc1cc2n(n1)CCCN(C(=O)N(C)C)C2)N1CCCC1=O. The molecule has 0 unspecified atom stereocenters. The predicted octanol–water partition coefficient (Wildman–Crippen LogP) is 0.398. The maximum atomic E-state index is 12.4.